The topological polar surface area (TPSA) is 63.8 Å². The summed E-state index contributed by atoms with van der Waals surface area (Å²) in [4.78, 5) is 9.80. The highest BCUT2D eigenvalue weighted by atomic mass is 35.5. The molecule has 4 nitrogen and oxygen atoms in total. The summed E-state index contributed by atoms with van der Waals surface area (Å²) >= 11 is 7.67. The van der Waals surface area contributed by atoms with Crippen LogP contribution in [0.15, 0.2) is 24.3 Å². The minimum atomic E-state index is -0.249. The van der Waals surface area contributed by atoms with Crippen LogP contribution < -0.4 is 11.1 Å². The van der Waals surface area contributed by atoms with Crippen molar-refractivity contribution in [2.24, 2.45) is 5.73 Å². The molecule has 0 fully saturated rings. The molecule has 0 saturated carbocycles. The van der Waals surface area contributed by atoms with Gasteiger partial charge in [-0.1, -0.05) is 18.2 Å². The van der Waals surface area contributed by atoms with E-state index < -0.39 is 0 Å². The Labute approximate surface area is 148 Å². The smallest absolute Gasteiger partial charge is 0.224 e. The summed E-state index contributed by atoms with van der Waals surface area (Å²) < 4.78 is 14.7. The van der Waals surface area contributed by atoms with Crippen LogP contribution in [0.25, 0.3) is 10.2 Å². The largest absolute Gasteiger partial charge is 0.365 e. The molecular weight excluding hydrogens is 347 g/mol. The van der Waals surface area contributed by atoms with Crippen LogP contribution >= 0.6 is 22.9 Å². The molecule has 0 amide bonds. The normalized spacial score (nSPS) is 12.5. The first kappa shape index (κ1) is 17.1. The van der Waals surface area contributed by atoms with E-state index in [1.54, 1.807) is 29.5 Å². The van der Waals surface area contributed by atoms with Crippen LogP contribution in [-0.4, -0.2) is 16.0 Å². The van der Waals surface area contributed by atoms with E-state index in [0.717, 1.165) is 22.2 Å². The molecular formula is C17H18ClFN4S. The molecule has 0 bridgehead atoms. The van der Waals surface area contributed by atoms with Crippen LogP contribution in [0.4, 0.5) is 10.2 Å². The number of fused-ring (bicyclic) bond motifs is 1. The van der Waals surface area contributed by atoms with Gasteiger partial charge in [0.25, 0.3) is 0 Å². The maximum Gasteiger partial charge on any atom is 0.224 e. The first-order valence-corrected chi connectivity index (χ1v) is 8.83. The highest BCUT2D eigenvalue weighted by molar-refractivity contribution is 7.19. The van der Waals surface area contributed by atoms with Crippen molar-refractivity contribution in [3.8, 4) is 0 Å². The summed E-state index contributed by atoms with van der Waals surface area (Å²) in [5, 5.41) is 3.36. The average molecular weight is 365 g/mol. The Morgan fingerprint density at radius 3 is 2.79 bits per heavy atom. The molecule has 0 radical (unpaired) electrons. The molecule has 0 unspecified atom stereocenters. The van der Waals surface area contributed by atoms with Gasteiger partial charge < -0.3 is 11.1 Å². The van der Waals surface area contributed by atoms with Crippen molar-refractivity contribution >= 4 is 39.0 Å². The zero-order valence-corrected chi connectivity index (χ0v) is 15.0. The lowest BCUT2D eigenvalue weighted by Crippen LogP contribution is -2.17. The fourth-order valence-corrected chi connectivity index (χ4v) is 4.05. The summed E-state index contributed by atoms with van der Waals surface area (Å²) in [6.07, 6.45) is 0.775. The Morgan fingerprint density at radius 2 is 2.08 bits per heavy atom. The maximum absolute atomic E-state index is 13.8. The average Bonchev–Trinajstić information content (AvgIpc) is 2.82. The van der Waals surface area contributed by atoms with Gasteiger partial charge in [0.15, 0.2) is 0 Å². The molecule has 126 valence electrons. The number of hydrogen-bond donors (Lipinski definition) is 2. The molecule has 3 rings (SSSR count). The van der Waals surface area contributed by atoms with Crippen molar-refractivity contribution in [3.63, 3.8) is 0 Å². The van der Waals surface area contributed by atoms with Crippen LogP contribution in [-0.2, 0) is 13.0 Å². The monoisotopic (exact) mass is 364 g/mol. The van der Waals surface area contributed by atoms with Gasteiger partial charge in [0.1, 0.15) is 11.6 Å². The molecule has 2 heterocycles. The Bertz CT molecular complexity index is 878. The van der Waals surface area contributed by atoms with E-state index in [-0.39, 0.29) is 17.1 Å². The van der Waals surface area contributed by atoms with Crippen molar-refractivity contribution in [1.29, 1.82) is 0 Å². The molecule has 2 aromatic heterocycles. The van der Waals surface area contributed by atoms with Gasteiger partial charge in [0.2, 0.25) is 5.28 Å². The van der Waals surface area contributed by atoms with Gasteiger partial charge in [-0.25, -0.2) is 9.37 Å². The van der Waals surface area contributed by atoms with Crippen LogP contribution in [0.3, 0.4) is 0 Å². The third-order valence-corrected chi connectivity index (χ3v) is 5.23. The Balaban J connectivity index is 1.96. The number of benzene rings is 1. The predicted octanol–water partition coefficient (Wildman–Crippen LogP) is 4.29. The first-order valence-electron chi connectivity index (χ1n) is 7.64. The predicted molar refractivity (Wildman–Crippen MR) is 98.2 cm³/mol. The highest BCUT2D eigenvalue weighted by Gasteiger charge is 2.16. The van der Waals surface area contributed by atoms with E-state index in [1.165, 1.54) is 10.9 Å². The number of halogens is 2. The number of thiophene rings is 1. The summed E-state index contributed by atoms with van der Waals surface area (Å²) in [6.45, 7) is 4.31. The maximum atomic E-state index is 13.8. The van der Waals surface area contributed by atoms with Crippen molar-refractivity contribution in [1.82, 2.24) is 9.97 Å². The third kappa shape index (κ3) is 3.50. The number of nitrogens with two attached hydrogens (primary N) is 1. The summed E-state index contributed by atoms with van der Waals surface area (Å²) in [6, 6.07) is 6.72. The zero-order valence-electron chi connectivity index (χ0n) is 13.4. The fourth-order valence-electron chi connectivity index (χ4n) is 2.53. The van der Waals surface area contributed by atoms with Gasteiger partial charge in [0, 0.05) is 23.0 Å². The number of aryl methyl sites for hydroxylation is 1. The van der Waals surface area contributed by atoms with Crippen LogP contribution in [0.5, 0.6) is 0 Å². The second kappa shape index (κ2) is 7.01. The molecule has 1 atom stereocenters. The van der Waals surface area contributed by atoms with Crippen molar-refractivity contribution in [2.75, 3.05) is 5.32 Å². The molecule has 0 aliphatic rings. The van der Waals surface area contributed by atoms with Gasteiger partial charge in [0.05, 0.1) is 10.2 Å². The molecule has 3 N–H and O–H groups in total. The number of rotatable bonds is 5. The van der Waals surface area contributed by atoms with Gasteiger partial charge in [-0.05, 0) is 43.5 Å². The Kier molecular flexibility index (Phi) is 4.99. The molecule has 1 aromatic carbocycles. The molecule has 3 aromatic rings. The van der Waals surface area contributed by atoms with Gasteiger partial charge in [-0.15, -0.1) is 11.3 Å². The van der Waals surface area contributed by atoms with Crippen LogP contribution in [0, 0.1) is 12.7 Å². The lowest BCUT2D eigenvalue weighted by Gasteiger charge is -2.08. The molecule has 24 heavy (non-hydrogen) atoms. The van der Waals surface area contributed by atoms with E-state index in [1.807, 2.05) is 13.8 Å². The van der Waals surface area contributed by atoms with Gasteiger partial charge >= 0.3 is 0 Å². The second-order valence-electron chi connectivity index (χ2n) is 5.80. The lowest BCUT2D eigenvalue weighted by molar-refractivity contribution is 0.613. The highest BCUT2D eigenvalue weighted by Crippen LogP contribution is 2.35. The minimum Gasteiger partial charge on any atom is -0.365 e. The Hall–Kier alpha value is -1.76. The van der Waals surface area contributed by atoms with Crippen molar-refractivity contribution in [2.45, 2.75) is 32.9 Å². The van der Waals surface area contributed by atoms with Crippen LogP contribution in [0.2, 0.25) is 5.28 Å². The van der Waals surface area contributed by atoms with E-state index in [0.29, 0.717) is 17.9 Å². The Morgan fingerprint density at radius 1 is 1.33 bits per heavy atom. The quantitative estimate of drug-likeness (QED) is 0.663. The third-order valence-electron chi connectivity index (χ3n) is 3.75. The number of nitrogens with one attached hydrogen (secondary N) is 1. The van der Waals surface area contributed by atoms with Crippen molar-refractivity contribution in [3.05, 3.63) is 51.4 Å². The zero-order chi connectivity index (χ0) is 17.3. The SMILES string of the molecule is Cc1c(C[C@H](C)N)sc2c(NCc3ccccc3F)nc(Cl)nc12. The molecule has 0 aliphatic carbocycles. The molecule has 0 aliphatic heterocycles. The van der Waals surface area contributed by atoms with Crippen molar-refractivity contribution < 1.29 is 4.39 Å². The van der Waals surface area contributed by atoms with E-state index >= 15 is 0 Å². The minimum absolute atomic E-state index is 0.0648. The van der Waals surface area contributed by atoms with E-state index in [2.05, 4.69) is 15.3 Å². The number of aromatic nitrogens is 2. The second-order valence-corrected chi connectivity index (χ2v) is 7.24. The molecule has 0 spiro atoms. The van der Waals surface area contributed by atoms with E-state index in [4.69, 9.17) is 17.3 Å². The van der Waals surface area contributed by atoms with E-state index in [9.17, 15) is 4.39 Å². The van der Waals surface area contributed by atoms with Crippen LogP contribution in [0.1, 0.15) is 22.9 Å². The first-order chi connectivity index (χ1) is 11.5. The lowest BCUT2D eigenvalue weighted by atomic mass is 10.1. The van der Waals surface area contributed by atoms with Gasteiger partial charge in [-0.2, -0.15) is 4.98 Å². The standard InChI is InChI=1S/C17H18ClFN4S/c1-9(20)7-13-10(2)14-15(24-13)16(23-17(18)22-14)21-8-11-5-3-4-6-12(11)19/h3-6,9H,7-8,20H2,1-2H3,(H,21,22,23)/t9-/m0/s1. The summed E-state index contributed by atoms with van der Waals surface area (Å²) in [7, 11) is 0. The van der Waals surface area contributed by atoms with Gasteiger partial charge in [-0.3, -0.25) is 0 Å². The molecule has 7 heteroatoms. The molecule has 0 saturated heterocycles. The number of anilines is 1. The summed E-state index contributed by atoms with van der Waals surface area (Å²) in [5.74, 6) is 0.374. The summed E-state index contributed by atoms with van der Waals surface area (Å²) in [5.41, 5.74) is 8.40. The fraction of sp³-hybridized carbons (Fsp3) is 0.294. The number of hydrogen-bond acceptors (Lipinski definition) is 5. The number of nitrogens with zero attached hydrogens (tertiary/aromatic N) is 2.